The Labute approximate surface area is 141 Å². The first-order valence-electron chi connectivity index (χ1n) is 8.32. The fourth-order valence-corrected chi connectivity index (χ4v) is 3.67. The number of carbonyl (C=O) groups is 2. The summed E-state index contributed by atoms with van der Waals surface area (Å²) in [7, 11) is 0. The minimum atomic E-state index is -1.11. The molecule has 0 N–H and O–H groups in total. The quantitative estimate of drug-likeness (QED) is 0.873. The molecular formula is C20H19NO3. The van der Waals surface area contributed by atoms with E-state index in [-0.39, 0.29) is 18.1 Å². The lowest BCUT2D eigenvalue weighted by atomic mass is 9.87. The summed E-state index contributed by atoms with van der Waals surface area (Å²) in [5.41, 5.74) is 1.77. The Hall–Kier alpha value is -2.46. The average Bonchev–Trinajstić information content (AvgIpc) is 2.83. The molecule has 2 aromatic rings. The molecule has 0 unspecified atom stereocenters. The summed E-state index contributed by atoms with van der Waals surface area (Å²) in [5, 5.41) is 0. The summed E-state index contributed by atoms with van der Waals surface area (Å²) in [6, 6.07) is 17.8. The molecule has 1 atom stereocenters. The number of carbonyl (C=O) groups excluding carboxylic acids is 2. The number of benzene rings is 2. The standard InChI is InChI=1S/C20H19NO3/c22-16-11-13-24-20(14-16)17-8-4-5-9-18(17)21(19(20)23)12-10-15-6-2-1-3-7-15/h1-9H,10-14H2/t20-/m1/s1. The molecule has 0 radical (unpaired) electrons. The second kappa shape index (κ2) is 5.87. The molecule has 1 fully saturated rings. The monoisotopic (exact) mass is 321 g/mol. The van der Waals surface area contributed by atoms with Crippen LogP contribution in [0.25, 0.3) is 0 Å². The highest BCUT2D eigenvalue weighted by Gasteiger charge is 2.54. The van der Waals surface area contributed by atoms with Crippen molar-refractivity contribution in [2.24, 2.45) is 0 Å². The first-order valence-corrected chi connectivity index (χ1v) is 8.32. The van der Waals surface area contributed by atoms with Crippen LogP contribution in [0.3, 0.4) is 0 Å². The zero-order chi connectivity index (χ0) is 16.6. The van der Waals surface area contributed by atoms with E-state index >= 15 is 0 Å². The lowest BCUT2D eigenvalue weighted by Crippen LogP contribution is -2.47. The molecule has 4 nitrogen and oxygen atoms in total. The molecule has 4 heteroatoms. The van der Waals surface area contributed by atoms with E-state index in [4.69, 9.17) is 4.74 Å². The van der Waals surface area contributed by atoms with Crippen LogP contribution >= 0.6 is 0 Å². The van der Waals surface area contributed by atoms with Gasteiger partial charge < -0.3 is 9.64 Å². The molecule has 1 spiro atoms. The SMILES string of the molecule is O=C1CCO[C@@]2(C1)C(=O)N(CCc1ccccc1)c1ccccc12. The topological polar surface area (TPSA) is 46.6 Å². The third-order valence-corrected chi connectivity index (χ3v) is 4.86. The van der Waals surface area contributed by atoms with Gasteiger partial charge in [-0.15, -0.1) is 0 Å². The Kier molecular flexibility index (Phi) is 3.69. The van der Waals surface area contributed by atoms with Crippen LogP contribution in [-0.2, 0) is 26.3 Å². The smallest absolute Gasteiger partial charge is 0.264 e. The van der Waals surface area contributed by atoms with Gasteiger partial charge >= 0.3 is 0 Å². The van der Waals surface area contributed by atoms with Crippen LogP contribution in [0.4, 0.5) is 5.69 Å². The molecule has 1 amide bonds. The number of amides is 1. The Bertz CT molecular complexity index is 786. The predicted octanol–water partition coefficient (Wildman–Crippen LogP) is 2.85. The lowest BCUT2D eigenvalue weighted by Gasteiger charge is -2.32. The van der Waals surface area contributed by atoms with Crippen molar-refractivity contribution in [1.82, 2.24) is 0 Å². The number of hydrogen-bond donors (Lipinski definition) is 0. The van der Waals surface area contributed by atoms with E-state index in [1.165, 1.54) is 5.56 Å². The van der Waals surface area contributed by atoms with Crippen LogP contribution < -0.4 is 4.90 Å². The number of hydrogen-bond acceptors (Lipinski definition) is 3. The Morgan fingerprint density at radius 3 is 2.54 bits per heavy atom. The maximum absolute atomic E-state index is 13.2. The number of fused-ring (bicyclic) bond motifs is 2. The van der Waals surface area contributed by atoms with E-state index in [1.807, 2.05) is 42.5 Å². The number of Topliss-reactive ketones (excluding diaryl/α,β-unsaturated/α-hetero) is 1. The highest BCUT2D eigenvalue weighted by molar-refractivity contribution is 6.09. The average molecular weight is 321 g/mol. The molecule has 0 aromatic heterocycles. The van der Waals surface area contributed by atoms with Gasteiger partial charge in [0.2, 0.25) is 0 Å². The van der Waals surface area contributed by atoms with Crippen LogP contribution in [0.15, 0.2) is 54.6 Å². The van der Waals surface area contributed by atoms with Crippen molar-refractivity contribution in [3.63, 3.8) is 0 Å². The van der Waals surface area contributed by atoms with Gasteiger partial charge in [-0.1, -0.05) is 48.5 Å². The van der Waals surface area contributed by atoms with Gasteiger partial charge in [-0.25, -0.2) is 0 Å². The van der Waals surface area contributed by atoms with E-state index in [2.05, 4.69) is 12.1 Å². The summed E-state index contributed by atoms with van der Waals surface area (Å²) in [5.74, 6) is -0.0120. The minimum absolute atomic E-state index is 0.0920. The van der Waals surface area contributed by atoms with E-state index < -0.39 is 5.60 Å². The number of ether oxygens (including phenoxy) is 1. The first-order chi connectivity index (χ1) is 11.7. The van der Waals surface area contributed by atoms with Gasteiger partial charge in [0.1, 0.15) is 5.78 Å². The van der Waals surface area contributed by atoms with Crippen LogP contribution in [-0.4, -0.2) is 24.8 Å². The largest absolute Gasteiger partial charge is 0.359 e. The summed E-state index contributed by atoms with van der Waals surface area (Å²) in [6.07, 6.45) is 1.30. The van der Waals surface area contributed by atoms with Crippen molar-refractivity contribution in [2.75, 3.05) is 18.1 Å². The highest BCUT2D eigenvalue weighted by atomic mass is 16.5. The van der Waals surface area contributed by atoms with Crippen molar-refractivity contribution in [3.8, 4) is 0 Å². The maximum Gasteiger partial charge on any atom is 0.264 e. The van der Waals surface area contributed by atoms with Crippen molar-refractivity contribution < 1.29 is 14.3 Å². The fourth-order valence-electron chi connectivity index (χ4n) is 3.67. The van der Waals surface area contributed by atoms with Crippen molar-refractivity contribution >= 4 is 17.4 Å². The molecule has 24 heavy (non-hydrogen) atoms. The molecule has 1 saturated heterocycles. The second-order valence-electron chi connectivity index (χ2n) is 6.35. The molecule has 2 aliphatic heterocycles. The zero-order valence-corrected chi connectivity index (χ0v) is 13.4. The van der Waals surface area contributed by atoms with E-state index in [0.717, 1.165) is 17.7 Å². The number of anilines is 1. The van der Waals surface area contributed by atoms with Crippen LogP contribution in [0.1, 0.15) is 24.0 Å². The van der Waals surface area contributed by atoms with Crippen molar-refractivity contribution in [3.05, 3.63) is 65.7 Å². The molecule has 0 saturated carbocycles. The van der Waals surface area contributed by atoms with Gasteiger partial charge in [-0.3, -0.25) is 9.59 Å². The van der Waals surface area contributed by atoms with Gasteiger partial charge in [0.05, 0.1) is 12.3 Å². The second-order valence-corrected chi connectivity index (χ2v) is 6.35. The predicted molar refractivity (Wildman–Crippen MR) is 90.8 cm³/mol. The Morgan fingerprint density at radius 2 is 1.75 bits per heavy atom. The third kappa shape index (κ3) is 2.34. The first kappa shape index (κ1) is 15.1. The summed E-state index contributed by atoms with van der Waals surface area (Å²) in [4.78, 5) is 26.9. The minimum Gasteiger partial charge on any atom is -0.359 e. The summed E-state index contributed by atoms with van der Waals surface area (Å²) < 4.78 is 5.91. The van der Waals surface area contributed by atoms with E-state index in [9.17, 15) is 9.59 Å². The molecule has 0 bridgehead atoms. The number of para-hydroxylation sites is 1. The number of ketones is 1. The van der Waals surface area contributed by atoms with Crippen LogP contribution in [0, 0.1) is 0 Å². The lowest BCUT2D eigenvalue weighted by molar-refractivity contribution is -0.157. The molecule has 122 valence electrons. The van der Waals surface area contributed by atoms with Crippen LogP contribution in [0.2, 0.25) is 0 Å². The molecule has 2 heterocycles. The summed E-state index contributed by atoms with van der Waals surface area (Å²) >= 11 is 0. The fraction of sp³-hybridized carbons (Fsp3) is 0.300. The van der Waals surface area contributed by atoms with Gasteiger partial charge in [0.15, 0.2) is 5.60 Å². The molecular weight excluding hydrogens is 302 g/mol. The van der Waals surface area contributed by atoms with E-state index in [0.29, 0.717) is 19.6 Å². The number of rotatable bonds is 3. The van der Waals surface area contributed by atoms with Gasteiger partial charge in [0, 0.05) is 24.9 Å². The van der Waals surface area contributed by atoms with Gasteiger partial charge in [-0.2, -0.15) is 0 Å². The van der Waals surface area contributed by atoms with Gasteiger partial charge in [-0.05, 0) is 18.1 Å². The zero-order valence-electron chi connectivity index (χ0n) is 13.4. The highest BCUT2D eigenvalue weighted by Crippen LogP contribution is 2.46. The Morgan fingerprint density at radius 1 is 1.00 bits per heavy atom. The molecule has 4 rings (SSSR count). The van der Waals surface area contributed by atoms with Crippen molar-refractivity contribution in [1.29, 1.82) is 0 Å². The molecule has 0 aliphatic carbocycles. The number of nitrogens with zero attached hydrogens (tertiary/aromatic N) is 1. The van der Waals surface area contributed by atoms with Gasteiger partial charge in [0.25, 0.3) is 5.91 Å². The van der Waals surface area contributed by atoms with Crippen molar-refractivity contribution in [2.45, 2.75) is 24.9 Å². The van der Waals surface area contributed by atoms with E-state index in [1.54, 1.807) is 4.90 Å². The summed E-state index contributed by atoms with van der Waals surface area (Å²) in [6.45, 7) is 0.893. The molecule has 2 aliphatic rings. The third-order valence-electron chi connectivity index (χ3n) is 4.86. The Balaban J connectivity index is 1.66. The van der Waals surface area contributed by atoms with Crippen LogP contribution in [0.5, 0.6) is 0 Å². The molecule has 2 aromatic carbocycles. The normalized spacial score (nSPS) is 22.9. The maximum atomic E-state index is 13.2.